The number of aliphatic imine (C=N–C) groups is 1. The van der Waals surface area contributed by atoms with Crippen LogP contribution in [0.15, 0.2) is 4.99 Å². The summed E-state index contributed by atoms with van der Waals surface area (Å²) in [6.07, 6.45) is 2.11. The van der Waals surface area contributed by atoms with Crippen molar-refractivity contribution in [2.45, 2.75) is 19.8 Å². The van der Waals surface area contributed by atoms with E-state index in [-0.39, 0.29) is 24.0 Å². The summed E-state index contributed by atoms with van der Waals surface area (Å²) < 4.78 is 16.2. The first-order valence-corrected chi connectivity index (χ1v) is 7.54. The van der Waals surface area contributed by atoms with E-state index in [2.05, 4.69) is 15.6 Å². The van der Waals surface area contributed by atoms with Crippen LogP contribution >= 0.6 is 24.0 Å². The molecule has 0 bridgehead atoms. The van der Waals surface area contributed by atoms with Crippen molar-refractivity contribution in [1.29, 1.82) is 0 Å². The van der Waals surface area contributed by atoms with Gasteiger partial charge in [0.1, 0.15) is 0 Å². The molecule has 126 valence electrons. The highest BCUT2D eigenvalue weighted by Crippen LogP contribution is 2.12. The molecule has 0 radical (unpaired) electrons. The van der Waals surface area contributed by atoms with E-state index in [0.29, 0.717) is 12.5 Å². The van der Waals surface area contributed by atoms with Crippen molar-refractivity contribution < 1.29 is 14.2 Å². The first kappa shape index (κ1) is 20.9. The van der Waals surface area contributed by atoms with Crippen LogP contribution in [-0.2, 0) is 14.2 Å². The van der Waals surface area contributed by atoms with Gasteiger partial charge in [-0.3, -0.25) is 4.99 Å². The molecule has 0 aromatic heterocycles. The Balaban J connectivity index is 0.00000400. The maximum Gasteiger partial charge on any atom is 0.191 e. The average molecular weight is 415 g/mol. The van der Waals surface area contributed by atoms with E-state index in [1.54, 1.807) is 7.05 Å². The second kappa shape index (κ2) is 14.8. The monoisotopic (exact) mass is 415 g/mol. The van der Waals surface area contributed by atoms with Crippen molar-refractivity contribution in [3.63, 3.8) is 0 Å². The summed E-state index contributed by atoms with van der Waals surface area (Å²) in [5.41, 5.74) is 0. The molecule has 1 atom stereocenters. The molecule has 1 saturated heterocycles. The molecule has 0 saturated carbocycles. The number of ether oxygens (including phenoxy) is 3. The van der Waals surface area contributed by atoms with Crippen molar-refractivity contribution in [1.82, 2.24) is 10.6 Å². The third-order valence-electron chi connectivity index (χ3n) is 3.10. The molecule has 21 heavy (non-hydrogen) atoms. The first-order valence-electron chi connectivity index (χ1n) is 7.54. The molecular weight excluding hydrogens is 385 g/mol. The Hall–Kier alpha value is -0.120. The van der Waals surface area contributed by atoms with Gasteiger partial charge in [0.05, 0.1) is 19.8 Å². The van der Waals surface area contributed by atoms with E-state index < -0.39 is 0 Å². The summed E-state index contributed by atoms with van der Waals surface area (Å²) in [6, 6.07) is 0. The molecule has 1 rings (SSSR count). The van der Waals surface area contributed by atoms with E-state index in [4.69, 9.17) is 14.2 Å². The van der Waals surface area contributed by atoms with Gasteiger partial charge in [-0.2, -0.15) is 0 Å². The van der Waals surface area contributed by atoms with Gasteiger partial charge in [0, 0.05) is 45.9 Å². The van der Waals surface area contributed by atoms with E-state index in [9.17, 15) is 0 Å². The van der Waals surface area contributed by atoms with E-state index in [0.717, 1.165) is 64.9 Å². The van der Waals surface area contributed by atoms with Gasteiger partial charge in [0.2, 0.25) is 0 Å². The summed E-state index contributed by atoms with van der Waals surface area (Å²) in [5, 5.41) is 6.45. The van der Waals surface area contributed by atoms with E-state index >= 15 is 0 Å². The van der Waals surface area contributed by atoms with Gasteiger partial charge < -0.3 is 24.8 Å². The lowest BCUT2D eigenvalue weighted by molar-refractivity contribution is 0.0888. The summed E-state index contributed by atoms with van der Waals surface area (Å²) in [7, 11) is 1.77. The maximum absolute atomic E-state index is 5.65. The van der Waals surface area contributed by atoms with Gasteiger partial charge in [0.15, 0.2) is 5.96 Å². The second-order valence-corrected chi connectivity index (χ2v) is 4.78. The minimum atomic E-state index is 0. The van der Waals surface area contributed by atoms with E-state index in [1.165, 1.54) is 0 Å². The smallest absolute Gasteiger partial charge is 0.191 e. The van der Waals surface area contributed by atoms with Crippen molar-refractivity contribution in [2.24, 2.45) is 10.9 Å². The molecule has 1 unspecified atom stereocenters. The largest absolute Gasteiger partial charge is 0.381 e. The van der Waals surface area contributed by atoms with Crippen LogP contribution in [0, 0.1) is 5.92 Å². The van der Waals surface area contributed by atoms with Crippen LogP contribution in [0.25, 0.3) is 0 Å². The maximum atomic E-state index is 5.65. The molecule has 0 aromatic rings. The normalized spacial score (nSPS) is 18.4. The zero-order valence-electron chi connectivity index (χ0n) is 13.2. The van der Waals surface area contributed by atoms with Gasteiger partial charge >= 0.3 is 0 Å². The average Bonchev–Trinajstić information content (AvgIpc) is 2.98. The van der Waals surface area contributed by atoms with Crippen LogP contribution in [0.5, 0.6) is 0 Å². The molecule has 1 aliphatic rings. The predicted octanol–water partition coefficient (Wildman–Crippen LogP) is 1.25. The zero-order valence-corrected chi connectivity index (χ0v) is 15.6. The Morgan fingerprint density at radius 1 is 1.24 bits per heavy atom. The molecule has 0 amide bonds. The quantitative estimate of drug-likeness (QED) is 0.243. The highest BCUT2D eigenvalue weighted by molar-refractivity contribution is 14.0. The number of hydrogen-bond donors (Lipinski definition) is 2. The Labute approximate surface area is 145 Å². The summed E-state index contributed by atoms with van der Waals surface area (Å²) in [6.45, 7) is 8.40. The lowest BCUT2D eigenvalue weighted by Gasteiger charge is -2.12. The number of halogens is 1. The van der Waals surface area contributed by atoms with Gasteiger partial charge in [-0.15, -0.1) is 24.0 Å². The minimum Gasteiger partial charge on any atom is -0.381 e. The fourth-order valence-corrected chi connectivity index (χ4v) is 1.95. The molecule has 1 aliphatic heterocycles. The van der Waals surface area contributed by atoms with Crippen molar-refractivity contribution >= 4 is 29.9 Å². The standard InChI is InChI=1S/C14H29N3O3.HI/c1-3-18-10-7-17-14(15-2)16-6-4-8-19-11-13-5-9-20-12-13;/h13H,3-12H2,1-2H3,(H2,15,16,17);1H. The second-order valence-electron chi connectivity index (χ2n) is 4.78. The number of rotatable bonds is 10. The Bertz CT molecular complexity index is 262. The Morgan fingerprint density at radius 3 is 2.71 bits per heavy atom. The van der Waals surface area contributed by atoms with Crippen molar-refractivity contribution in [3.8, 4) is 0 Å². The lowest BCUT2D eigenvalue weighted by atomic mass is 10.1. The van der Waals surface area contributed by atoms with Crippen LogP contribution in [0.2, 0.25) is 0 Å². The molecule has 2 N–H and O–H groups in total. The first-order chi connectivity index (χ1) is 9.86. The summed E-state index contributed by atoms with van der Waals surface area (Å²) >= 11 is 0. The van der Waals surface area contributed by atoms with Crippen LogP contribution < -0.4 is 10.6 Å². The summed E-state index contributed by atoms with van der Waals surface area (Å²) in [4.78, 5) is 4.15. The number of guanidine groups is 1. The molecule has 7 heteroatoms. The predicted molar refractivity (Wildman–Crippen MR) is 95.6 cm³/mol. The lowest BCUT2D eigenvalue weighted by Crippen LogP contribution is -2.39. The summed E-state index contributed by atoms with van der Waals surface area (Å²) in [5.74, 6) is 1.41. The SMILES string of the molecule is CCOCCNC(=NC)NCCCOCC1CCOC1.I. The van der Waals surface area contributed by atoms with Gasteiger partial charge in [-0.25, -0.2) is 0 Å². The van der Waals surface area contributed by atoms with Gasteiger partial charge in [-0.1, -0.05) is 0 Å². The fourth-order valence-electron chi connectivity index (χ4n) is 1.95. The third-order valence-corrected chi connectivity index (χ3v) is 3.10. The zero-order chi connectivity index (χ0) is 14.5. The van der Waals surface area contributed by atoms with Crippen molar-refractivity contribution in [2.75, 3.05) is 59.8 Å². The van der Waals surface area contributed by atoms with E-state index in [1.807, 2.05) is 6.92 Å². The van der Waals surface area contributed by atoms with Crippen LogP contribution in [-0.4, -0.2) is 65.7 Å². The molecule has 6 nitrogen and oxygen atoms in total. The highest BCUT2D eigenvalue weighted by Gasteiger charge is 2.15. The molecule has 1 fully saturated rings. The fraction of sp³-hybridized carbons (Fsp3) is 0.929. The van der Waals surface area contributed by atoms with Crippen molar-refractivity contribution in [3.05, 3.63) is 0 Å². The van der Waals surface area contributed by atoms with Crippen LogP contribution in [0.3, 0.4) is 0 Å². The molecule has 1 heterocycles. The topological polar surface area (TPSA) is 64.1 Å². The molecular formula is C14H30IN3O3. The number of nitrogens with one attached hydrogen (secondary N) is 2. The van der Waals surface area contributed by atoms with Crippen LogP contribution in [0.1, 0.15) is 19.8 Å². The number of hydrogen-bond acceptors (Lipinski definition) is 4. The van der Waals surface area contributed by atoms with Gasteiger partial charge in [-0.05, 0) is 19.8 Å². The highest BCUT2D eigenvalue weighted by atomic mass is 127. The Kier molecular flexibility index (Phi) is 14.7. The third kappa shape index (κ3) is 11.1. The van der Waals surface area contributed by atoms with Gasteiger partial charge in [0.25, 0.3) is 0 Å². The van der Waals surface area contributed by atoms with Crippen LogP contribution in [0.4, 0.5) is 0 Å². The Morgan fingerprint density at radius 2 is 2.05 bits per heavy atom. The molecule has 0 spiro atoms. The number of nitrogens with zero attached hydrogens (tertiary/aromatic N) is 1. The minimum absolute atomic E-state index is 0. The molecule has 0 aromatic carbocycles. The molecule has 0 aliphatic carbocycles.